The zero-order valence-corrected chi connectivity index (χ0v) is 10.9. The Morgan fingerprint density at radius 2 is 2.19 bits per heavy atom. The smallest absolute Gasteiger partial charge is 0.234 e. The Morgan fingerprint density at radius 3 is 2.69 bits per heavy atom. The second kappa shape index (κ2) is 4.46. The normalized spacial score (nSPS) is 12.0. The highest BCUT2D eigenvalue weighted by molar-refractivity contribution is 7.12. The molecule has 0 unspecified atom stereocenters. The summed E-state index contributed by atoms with van der Waals surface area (Å²) < 4.78 is -0.246. The molecule has 0 aromatic carbocycles. The van der Waals surface area contributed by atoms with E-state index in [0.717, 1.165) is 0 Å². The van der Waals surface area contributed by atoms with Crippen LogP contribution in [0.3, 0.4) is 0 Å². The first-order valence-electron chi connectivity index (χ1n) is 4.15. The summed E-state index contributed by atoms with van der Waals surface area (Å²) in [4.78, 5) is 4.07. The Kier molecular flexibility index (Phi) is 3.37. The maximum absolute atomic E-state index is 5.86. The maximum atomic E-state index is 5.86. The van der Waals surface area contributed by atoms with Crippen molar-refractivity contribution in [3.8, 4) is 5.13 Å². The molecule has 0 saturated carbocycles. The number of hydrogen-bond acceptors (Lipinski definition) is 5. The molecule has 9 heteroatoms. The van der Waals surface area contributed by atoms with Crippen LogP contribution in [0.5, 0.6) is 0 Å². The molecule has 0 fully saturated rings. The molecule has 0 radical (unpaired) electrons. The number of nitrogens with two attached hydrogens (primary N) is 1. The van der Waals surface area contributed by atoms with E-state index >= 15 is 0 Å². The molecule has 0 aliphatic rings. The number of rotatable bonds is 2. The molecule has 0 amide bonds. The van der Waals surface area contributed by atoms with Gasteiger partial charge in [-0.1, -0.05) is 40.0 Å². The molecular formula is C7H6Cl3N5S. The summed E-state index contributed by atoms with van der Waals surface area (Å²) in [6.45, 7) is 0.147. The van der Waals surface area contributed by atoms with Crippen molar-refractivity contribution in [1.82, 2.24) is 20.0 Å². The van der Waals surface area contributed by atoms with Gasteiger partial charge < -0.3 is 5.73 Å². The number of halogens is 3. The lowest BCUT2D eigenvalue weighted by atomic mass is 10.3. The first-order chi connectivity index (χ1) is 7.54. The third kappa shape index (κ3) is 2.16. The molecule has 86 valence electrons. The van der Waals surface area contributed by atoms with Crippen molar-refractivity contribution in [2.24, 2.45) is 5.73 Å². The Bertz CT molecular complexity index is 475. The fourth-order valence-electron chi connectivity index (χ4n) is 1.19. The van der Waals surface area contributed by atoms with E-state index in [1.807, 2.05) is 0 Å². The molecular weight excluding hydrogens is 293 g/mol. The Labute approximate surface area is 110 Å². The lowest BCUT2D eigenvalue weighted by Gasteiger charge is -2.12. The van der Waals surface area contributed by atoms with Crippen LogP contribution in [0.4, 0.5) is 0 Å². The second-order valence-electron chi connectivity index (χ2n) is 2.81. The van der Waals surface area contributed by atoms with Crippen molar-refractivity contribution in [3.63, 3.8) is 0 Å². The Balaban J connectivity index is 2.59. The van der Waals surface area contributed by atoms with E-state index in [2.05, 4.69) is 15.3 Å². The minimum atomic E-state index is -1.64. The highest BCUT2D eigenvalue weighted by atomic mass is 35.6. The van der Waals surface area contributed by atoms with Gasteiger partial charge in [-0.05, 0) is 0 Å². The van der Waals surface area contributed by atoms with E-state index in [9.17, 15) is 0 Å². The highest BCUT2D eigenvalue weighted by Crippen LogP contribution is 2.40. The van der Waals surface area contributed by atoms with Crippen LogP contribution in [0.1, 0.15) is 11.4 Å². The van der Waals surface area contributed by atoms with E-state index < -0.39 is 3.79 Å². The molecule has 2 aromatic heterocycles. The van der Waals surface area contributed by atoms with Gasteiger partial charge in [-0.3, -0.25) is 0 Å². The Hall–Kier alpha value is -0.400. The minimum absolute atomic E-state index is 0.147. The summed E-state index contributed by atoms with van der Waals surface area (Å²) in [6, 6.07) is 0. The number of alkyl halides is 3. The van der Waals surface area contributed by atoms with Crippen LogP contribution in [-0.2, 0) is 10.3 Å². The van der Waals surface area contributed by atoms with Gasteiger partial charge in [-0.2, -0.15) is 4.68 Å². The van der Waals surface area contributed by atoms with Gasteiger partial charge in [-0.15, -0.1) is 16.4 Å². The van der Waals surface area contributed by atoms with Crippen LogP contribution in [0, 0.1) is 0 Å². The number of hydrogen-bond donors (Lipinski definition) is 1. The van der Waals surface area contributed by atoms with Gasteiger partial charge in [0.05, 0.1) is 0 Å². The van der Waals surface area contributed by atoms with Gasteiger partial charge in [0, 0.05) is 18.1 Å². The van der Waals surface area contributed by atoms with Crippen molar-refractivity contribution >= 4 is 46.1 Å². The summed E-state index contributed by atoms with van der Waals surface area (Å²) >= 11 is 18.9. The van der Waals surface area contributed by atoms with Crippen LogP contribution < -0.4 is 5.73 Å². The average molecular weight is 299 g/mol. The standard InChI is InChI=1S/C7H6Cl3N5S/c8-7(9,10)5-4(3-11)13-14-15(5)6-12-1-2-16-6/h1-2H,3,11H2. The molecule has 2 N–H and O–H groups in total. The summed E-state index contributed by atoms with van der Waals surface area (Å²) in [5, 5.41) is 10.1. The molecule has 0 bridgehead atoms. The minimum Gasteiger partial charge on any atom is -0.325 e. The molecule has 2 heterocycles. The van der Waals surface area contributed by atoms with Gasteiger partial charge in [0.1, 0.15) is 11.4 Å². The zero-order chi connectivity index (χ0) is 11.8. The first-order valence-corrected chi connectivity index (χ1v) is 6.17. The second-order valence-corrected chi connectivity index (χ2v) is 5.97. The predicted molar refractivity (Wildman–Crippen MR) is 64.2 cm³/mol. The molecule has 0 saturated heterocycles. The summed E-state index contributed by atoms with van der Waals surface area (Å²) in [5.74, 6) is 0. The number of nitrogens with zero attached hydrogens (tertiary/aromatic N) is 4. The van der Waals surface area contributed by atoms with Gasteiger partial charge in [0.25, 0.3) is 0 Å². The SMILES string of the molecule is NCc1nnn(-c2nccs2)c1C(Cl)(Cl)Cl. The first kappa shape index (κ1) is 12.1. The lowest BCUT2D eigenvalue weighted by Crippen LogP contribution is -2.14. The predicted octanol–water partition coefficient (Wildman–Crippen LogP) is 2.01. The highest BCUT2D eigenvalue weighted by Gasteiger charge is 2.33. The molecule has 2 aromatic rings. The van der Waals surface area contributed by atoms with Crippen molar-refractivity contribution in [2.45, 2.75) is 10.3 Å². The molecule has 0 aliphatic heterocycles. The van der Waals surface area contributed by atoms with Gasteiger partial charge >= 0.3 is 0 Å². The molecule has 0 atom stereocenters. The topological polar surface area (TPSA) is 69.6 Å². The largest absolute Gasteiger partial charge is 0.325 e. The van der Waals surface area contributed by atoms with Crippen molar-refractivity contribution < 1.29 is 0 Å². The van der Waals surface area contributed by atoms with Crippen LogP contribution in [0.15, 0.2) is 11.6 Å². The summed E-state index contributed by atoms with van der Waals surface area (Å²) in [5.41, 5.74) is 6.27. The molecule has 0 spiro atoms. The fraction of sp³-hybridized carbons (Fsp3) is 0.286. The summed E-state index contributed by atoms with van der Waals surface area (Å²) in [6.07, 6.45) is 1.63. The van der Waals surface area contributed by atoms with Crippen molar-refractivity contribution in [3.05, 3.63) is 23.0 Å². The molecule has 5 nitrogen and oxygen atoms in total. The van der Waals surface area contributed by atoms with Crippen molar-refractivity contribution in [2.75, 3.05) is 0 Å². The summed E-state index contributed by atoms with van der Waals surface area (Å²) in [7, 11) is 0. The quantitative estimate of drug-likeness (QED) is 0.861. The third-order valence-corrected chi connectivity index (χ3v) is 3.09. The van der Waals surface area contributed by atoms with E-state index in [0.29, 0.717) is 16.5 Å². The van der Waals surface area contributed by atoms with E-state index in [-0.39, 0.29) is 6.54 Å². The fourth-order valence-corrected chi connectivity index (χ4v) is 2.35. The molecule has 16 heavy (non-hydrogen) atoms. The molecule has 2 rings (SSSR count). The van der Waals surface area contributed by atoms with E-state index in [4.69, 9.17) is 40.5 Å². The van der Waals surface area contributed by atoms with Crippen molar-refractivity contribution in [1.29, 1.82) is 0 Å². The maximum Gasteiger partial charge on any atom is 0.234 e. The number of thiazole rings is 1. The van der Waals surface area contributed by atoms with Crippen LogP contribution in [-0.4, -0.2) is 20.0 Å². The Morgan fingerprint density at radius 1 is 1.44 bits per heavy atom. The van der Waals surface area contributed by atoms with Gasteiger partial charge in [0.15, 0.2) is 0 Å². The zero-order valence-electron chi connectivity index (χ0n) is 7.77. The molecule has 0 aliphatic carbocycles. The van der Waals surface area contributed by atoms with Crippen LogP contribution in [0.25, 0.3) is 5.13 Å². The van der Waals surface area contributed by atoms with E-state index in [1.54, 1.807) is 11.6 Å². The van der Waals surface area contributed by atoms with Crippen LogP contribution >= 0.6 is 46.1 Å². The van der Waals surface area contributed by atoms with Crippen LogP contribution in [0.2, 0.25) is 0 Å². The third-order valence-electron chi connectivity index (χ3n) is 1.80. The number of aromatic nitrogens is 4. The van der Waals surface area contributed by atoms with Gasteiger partial charge in [-0.25, -0.2) is 4.98 Å². The van der Waals surface area contributed by atoms with E-state index in [1.165, 1.54) is 16.0 Å². The monoisotopic (exact) mass is 297 g/mol. The average Bonchev–Trinajstić information content (AvgIpc) is 2.84. The lowest BCUT2D eigenvalue weighted by molar-refractivity contribution is 0.765. The van der Waals surface area contributed by atoms with Gasteiger partial charge in [0.2, 0.25) is 8.92 Å².